The highest BCUT2D eigenvalue weighted by Crippen LogP contribution is 2.23. The summed E-state index contributed by atoms with van der Waals surface area (Å²) in [6, 6.07) is 11.7. The van der Waals surface area contributed by atoms with Crippen molar-refractivity contribution in [2.24, 2.45) is 0 Å². The molecule has 0 saturated heterocycles. The van der Waals surface area contributed by atoms with E-state index < -0.39 is 11.6 Å². The molecular weight excluding hydrogens is 414 g/mol. The summed E-state index contributed by atoms with van der Waals surface area (Å²) in [6.45, 7) is 2.52. The van der Waals surface area contributed by atoms with Gasteiger partial charge < -0.3 is 5.32 Å². The van der Waals surface area contributed by atoms with Gasteiger partial charge in [0.15, 0.2) is 0 Å². The first-order chi connectivity index (χ1) is 13.1. The van der Waals surface area contributed by atoms with Crippen LogP contribution in [0.1, 0.15) is 16.8 Å². The molecule has 0 aliphatic carbocycles. The third kappa shape index (κ3) is 4.31. The molecule has 0 atom stereocenters. The van der Waals surface area contributed by atoms with Crippen molar-refractivity contribution in [3.05, 3.63) is 81.6 Å². The number of hydrogen-bond acceptors (Lipinski definition) is 4. The molecule has 1 aliphatic rings. The maximum atomic E-state index is 13.8. The summed E-state index contributed by atoms with van der Waals surface area (Å²) < 4.78 is 27.9. The molecule has 27 heavy (non-hydrogen) atoms. The number of rotatable bonds is 4. The topological polar surface area (TPSA) is 41.1 Å². The van der Waals surface area contributed by atoms with Gasteiger partial charge in [-0.3, -0.25) is 4.90 Å². The van der Waals surface area contributed by atoms with Crippen molar-refractivity contribution in [3.8, 4) is 0 Å². The average molecular weight is 431 g/mol. The van der Waals surface area contributed by atoms with E-state index in [1.807, 2.05) is 12.1 Å². The van der Waals surface area contributed by atoms with Gasteiger partial charge in [-0.05, 0) is 29.8 Å². The molecule has 138 valence electrons. The normalized spacial score (nSPS) is 14.0. The predicted molar refractivity (Wildman–Crippen MR) is 104 cm³/mol. The van der Waals surface area contributed by atoms with Crippen molar-refractivity contribution in [2.75, 3.05) is 11.9 Å². The van der Waals surface area contributed by atoms with Crippen LogP contribution in [0, 0.1) is 11.6 Å². The molecule has 3 aromatic rings. The van der Waals surface area contributed by atoms with Gasteiger partial charge in [0, 0.05) is 48.4 Å². The predicted octanol–water partition coefficient (Wildman–Crippen LogP) is 4.82. The van der Waals surface area contributed by atoms with Crippen LogP contribution in [-0.2, 0) is 19.5 Å². The second-order valence-electron chi connectivity index (χ2n) is 6.51. The Hall–Kier alpha value is -2.38. The van der Waals surface area contributed by atoms with E-state index in [1.54, 1.807) is 6.20 Å². The molecule has 1 N–H and O–H groups in total. The largest absolute Gasteiger partial charge is 0.322 e. The maximum Gasteiger partial charge on any atom is 0.227 e. The molecule has 4 rings (SSSR count). The van der Waals surface area contributed by atoms with Crippen LogP contribution in [-0.4, -0.2) is 21.4 Å². The van der Waals surface area contributed by atoms with E-state index >= 15 is 0 Å². The Morgan fingerprint density at radius 2 is 2.04 bits per heavy atom. The Kier molecular flexibility index (Phi) is 5.13. The van der Waals surface area contributed by atoms with E-state index in [1.165, 1.54) is 17.7 Å². The van der Waals surface area contributed by atoms with E-state index in [4.69, 9.17) is 0 Å². The summed E-state index contributed by atoms with van der Waals surface area (Å²) in [7, 11) is 0. The first-order valence-corrected chi connectivity index (χ1v) is 9.40. The minimum atomic E-state index is -0.670. The number of nitrogens with one attached hydrogen (secondary N) is 1. The number of fused-ring (bicyclic) bond motifs is 1. The Labute approximate surface area is 164 Å². The molecule has 2 heterocycles. The highest BCUT2D eigenvalue weighted by Gasteiger charge is 2.19. The minimum Gasteiger partial charge on any atom is -0.322 e. The fourth-order valence-electron chi connectivity index (χ4n) is 3.17. The molecule has 0 saturated carbocycles. The van der Waals surface area contributed by atoms with Crippen molar-refractivity contribution in [1.82, 2.24) is 14.9 Å². The zero-order valence-electron chi connectivity index (χ0n) is 14.4. The van der Waals surface area contributed by atoms with Crippen LogP contribution in [0.2, 0.25) is 0 Å². The van der Waals surface area contributed by atoms with E-state index in [0.717, 1.165) is 47.9 Å². The highest BCUT2D eigenvalue weighted by atomic mass is 79.9. The zero-order valence-corrected chi connectivity index (χ0v) is 16.0. The van der Waals surface area contributed by atoms with Gasteiger partial charge in [0.1, 0.15) is 11.6 Å². The summed E-state index contributed by atoms with van der Waals surface area (Å²) >= 11 is 3.50. The SMILES string of the molecule is Fc1ccc(Nc2ncc3c(n2)CCN(Cc2cccc(Br)c2)C3)c(F)c1. The summed E-state index contributed by atoms with van der Waals surface area (Å²) in [4.78, 5) is 11.1. The van der Waals surface area contributed by atoms with Gasteiger partial charge in [-0.15, -0.1) is 0 Å². The number of hydrogen-bond donors (Lipinski definition) is 1. The van der Waals surface area contributed by atoms with Crippen LogP contribution in [0.3, 0.4) is 0 Å². The average Bonchev–Trinajstić information content (AvgIpc) is 2.64. The number of anilines is 2. The Bertz CT molecular complexity index is 980. The highest BCUT2D eigenvalue weighted by molar-refractivity contribution is 9.10. The molecule has 7 heteroatoms. The molecule has 0 spiro atoms. The summed E-state index contributed by atoms with van der Waals surface area (Å²) in [5, 5.41) is 2.82. The Balaban J connectivity index is 1.46. The monoisotopic (exact) mass is 430 g/mol. The Morgan fingerprint density at radius 3 is 2.85 bits per heavy atom. The molecular formula is C20H17BrF2N4. The van der Waals surface area contributed by atoms with Crippen molar-refractivity contribution in [3.63, 3.8) is 0 Å². The number of aromatic nitrogens is 2. The quantitative estimate of drug-likeness (QED) is 0.643. The molecule has 4 nitrogen and oxygen atoms in total. The lowest BCUT2D eigenvalue weighted by atomic mass is 10.1. The summed E-state index contributed by atoms with van der Waals surface area (Å²) in [5.74, 6) is -0.967. The lowest BCUT2D eigenvalue weighted by molar-refractivity contribution is 0.243. The van der Waals surface area contributed by atoms with Crippen molar-refractivity contribution in [1.29, 1.82) is 0 Å². The van der Waals surface area contributed by atoms with Crippen molar-refractivity contribution < 1.29 is 8.78 Å². The van der Waals surface area contributed by atoms with Crippen LogP contribution < -0.4 is 5.32 Å². The number of benzene rings is 2. The van der Waals surface area contributed by atoms with Crippen molar-refractivity contribution in [2.45, 2.75) is 19.5 Å². The molecule has 2 aromatic carbocycles. The van der Waals surface area contributed by atoms with E-state index in [0.29, 0.717) is 5.95 Å². The second-order valence-corrected chi connectivity index (χ2v) is 7.42. The van der Waals surface area contributed by atoms with E-state index in [-0.39, 0.29) is 5.69 Å². The lowest BCUT2D eigenvalue weighted by Gasteiger charge is -2.28. The molecule has 0 unspecified atom stereocenters. The summed E-state index contributed by atoms with van der Waals surface area (Å²) in [5.41, 5.74) is 3.43. The minimum absolute atomic E-state index is 0.156. The first kappa shape index (κ1) is 18.0. The molecule has 1 aromatic heterocycles. The van der Waals surface area contributed by atoms with E-state index in [9.17, 15) is 8.78 Å². The number of nitrogens with zero attached hydrogens (tertiary/aromatic N) is 3. The molecule has 0 fully saturated rings. The lowest BCUT2D eigenvalue weighted by Crippen LogP contribution is -2.31. The smallest absolute Gasteiger partial charge is 0.227 e. The molecule has 0 radical (unpaired) electrons. The van der Waals surface area contributed by atoms with Crippen LogP contribution in [0.15, 0.2) is 53.1 Å². The van der Waals surface area contributed by atoms with Gasteiger partial charge in [-0.2, -0.15) is 0 Å². The fourth-order valence-corrected chi connectivity index (χ4v) is 3.62. The van der Waals surface area contributed by atoms with Gasteiger partial charge in [-0.25, -0.2) is 18.7 Å². The standard InChI is InChI=1S/C20H17BrF2N4/c21-15-3-1-2-13(8-15)11-27-7-6-18-14(12-27)10-24-20(25-18)26-19-5-4-16(22)9-17(19)23/h1-5,8-10H,6-7,11-12H2,(H,24,25,26). The molecule has 1 aliphatic heterocycles. The Morgan fingerprint density at radius 1 is 1.15 bits per heavy atom. The van der Waals surface area contributed by atoms with Crippen LogP contribution in [0.5, 0.6) is 0 Å². The third-order valence-corrected chi connectivity index (χ3v) is 4.98. The number of halogens is 3. The van der Waals surface area contributed by atoms with Crippen molar-refractivity contribution >= 4 is 27.6 Å². The van der Waals surface area contributed by atoms with Crippen LogP contribution in [0.25, 0.3) is 0 Å². The fraction of sp³-hybridized carbons (Fsp3) is 0.200. The second kappa shape index (κ2) is 7.70. The maximum absolute atomic E-state index is 13.8. The van der Waals surface area contributed by atoms with Crippen LogP contribution in [0.4, 0.5) is 20.4 Å². The van der Waals surface area contributed by atoms with Gasteiger partial charge in [0.25, 0.3) is 0 Å². The van der Waals surface area contributed by atoms with Gasteiger partial charge in [0.2, 0.25) is 5.95 Å². The first-order valence-electron chi connectivity index (χ1n) is 8.60. The molecule has 0 bridgehead atoms. The van der Waals surface area contributed by atoms with E-state index in [2.05, 4.69) is 48.2 Å². The van der Waals surface area contributed by atoms with Gasteiger partial charge in [0.05, 0.1) is 11.4 Å². The zero-order chi connectivity index (χ0) is 18.8. The summed E-state index contributed by atoms with van der Waals surface area (Å²) in [6.07, 6.45) is 2.58. The third-order valence-electron chi connectivity index (χ3n) is 4.49. The molecule has 0 amide bonds. The van der Waals surface area contributed by atoms with Gasteiger partial charge >= 0.3 is 0 Å². The van der Waals surface area contributed by atoms with Crippen LogP contribution >= 0.6 is 15.9 Å². The van der Waals surface area contributed by atoms with Gasteiger partial charge in [-0.1, -0.05) is 28.1 Å².